The summed E-state index contributed by atoms with van der Waals surface area (Å²) >= 11 is 1.09. The fraction of sp³-hybridized carbons (Fsp3) is 0.158. The number of aromatic nitrogens is 2. The minimum Gasteiger partial charge on any atom is -0.315 e. The number of Topliss-reactive ketones (excluding diaryl/α,β-unsaturated/α-hetero) is 1. The first-order valence-electron chi connectivity index (χ1n) is 7.84. The van der Waals surface area contributed by atoms with Crippen LogP contribution in [0.2, 0.25) is 0 Å². The number of allylic oxidation sites excluding steroid dienone is 1. The number of ketones is 1. The van der Waals surface area contributed by atoms with E-state index in [1.165, 1.54) is 6.92 Å². The summed E-state index contributed by atoms with van der Waals surface area (Å²) in [6, 6.07) is 8.45. The highest BCUT2D eigenvalue weighted by atomic mass is 32.2. The average Bonchev–Trinajstić information content (AvgIpc) is 2.91. The predicted molar refractivity (Wildman–Crippen MR) is 95.9 cm³/mol. The molecule has 3 rings (SSSR count). The van der Waals surface area contributed by atoms with E-state index >= 15 is 0 Å². The fourth-order valence-electron chi connectivity index (χ4n) is 2.64. The van der Waals surface area contributed by atoms with Crippen LogP contribution in [0, 0.1) is 17.5 Å². The van der Waals surface area contributed by atoms with Crippen molar-refractivity contribution in [2.75, 3.05) is 0 Å². The molecule has 134 valence electrons. The van der Waals surface area contributed by atoms with Crippen LogP contribution in [-0.4, -0.2) is 20.6 Å². The summed E-state index contributed by atoms with van der Waals surface area (Å²) in [6.45, 7) is 5.73. The molecule has 0 spiro atoms. The molecular formula is C19H15F3N2OS. The summed E-state index contributed by atoms with van der Waals surface area (Å²) in [7, 11) is 0. The quantitative estimate of drug-likeness (QED) is 0.345. The van der Waals surface area contributed by atoms with Gasteiger partial charge in [-0.2, -0.15) is 0 Å². The number of hydrogen-bond acceptors (Lipinski definition) is 3. The molecule has 2 aromatic carbocycles. The number of thioether (sulfide) groups is 1. The van der Waals surface area contributed by atoms with Gasteiger partial charge in [0.05, 0.1) is 21.8 Å². The van der Waals surface area contributed by atoms with Gasteiger partial charge in [-0.05, 0) is 19.1 Å². The van der Waals surface area contributed by atoms with E-state index in [0.29, 0.717) is 23.8 Å². The summed E-state index contributed by atoms with van der Waals surface area (Å²) in [5.41, 5.74) is 0.877. The van der Waals surface area contributed by atoms with Gasteiger partial charge in [-0.25, -0.2) is 18.2 Å². The van der Waals surface area contributed by atoms with E-state index in [4.69, 9.17) is 0 Å². The first-order valence-corrected chi connectivity index (χ1v) is 8.72. The Hall–Kier alpha value is -2.54. The molecule has 0 amide bonds. The third-order valence-corrected chi connectivity index (χ3v) is 4.93. The van der Waals surface area contributed by atoms with Gasteiger partial charge in [0, 0.05) is 18.7 Å². The Balaban J connectivity index is 1.94. The smallest absolute Gasteiger partial charge is 0.181 e. The lowest BCUT2D eigenvalue weighted by molar-refractivity contribution is 0.0985. The van der Waals surface area contributed by atoms with Gasteiger partial charge >= 0.3 is 0 Å². The fourth-order valence-corrected chi connectivity index (χ4v) is 3.63. The highest BCUT2D eigenvalue weighted by molar-refractivity contribution is 8.00. The minimum absolute atomic E-state index is 0.475. The molecule has 1 heterocycles. The van der Waals surface area contributed by atoms with E-state index in [-0.39, 0.29) is 0 Å². The predicted octanol–water partition coefficient (Wildman–Crippen LogP) is 5.00. The van der Waals surface area contributed by atoms with Crippen LogP contribution >= 0.6 is 11.8 Å². The molecular weight excluding hydrogens is 361 g/mol. The summed E-state index contributed by atoms with van der Waals surface area (Å²) in [4.78, 5) is 17.0. The van der Waals surface area contributed by atoms with Crippen molar-refractivity contribution < 1.29 is 18.0 Å². The molecule has 3 nitrogen and oxygen atoms in total. The van der Waals surface area contributed by atoms with Gasteiger partial charge in [-0.3, -0.25) is 4.79 Å². The van der Waals surface area contributed by atoms with E-state index < -0.39 is 34.0 Å². The Morgan fingerprint density at radius 1 is 1.27 bits per heavy atom. The highest BCUT2D eigenvalue weighted by Crippen LogP contribution is 2.30. The Morgan fingerprint density at radius 3 is 2.58 bits per heavy atom. The molecule has 0 saturated heterocycles. The van der Waals surface area contributed by atoms with Gasteiger partial charge in [0.25, 0.3) is 0 Å². The zero-order valence-corrected chi connectivity index (χ0v) is 14.7. The van der Waals surface area contributed by atoms with Crippen molar-refractivity contribution in [1.82, 2.24) is 9.55 Å². The normalized spacial score (nSPS) is 12.3. The number of carbonyl (C=O) groups is 1. The lowest BCUT2D eigenvalue weighted by atomic mass is 10.1. The Bertz CT molecular complexity index is 977. The van der Waals surface area contributed by atoms with Crippen LogP contribution in [0.15, 0.2) is 54.2 Å². The van der Waals surface area contributed by atoms with E-state index in [1.54, 1.807) is 6.08 Å². The highest BCUT2D eigenvalue weighted by Gasteiger charge is 2.26. The minimum atomic E-state index is -1.21. The summed E-state index contributed by atoms with van der Waals surface area (Å²) in [6.07, 6.45) is 1.70. The molecule has 0 fully saturated rings. The maximum absolute atomic E-state index is 13.9. The Kier molecular flexibility index (Phi) is 5.18. The standard InChI is InChI=1S/C19H15F3N2OS/c1-3-8-24-16-7-5-4-6-15(16)23-19(24)26-11(2)18(25)17-13(21)9-12(20)10-14(17)22/h3-7,9-11H,1,8H2,2H3. The van der Waals surface area contributed by atoms with Gasteiger partial charge < -0.3 is 4.57 Å². The van der Waals surface area contributed by atoms with Crippen LogP contribution in [0.3, 0.4) is 0 Å². The van der Waals surface area contributed by atoms with Crippen LogP contribution in [0.4, 0.5) is 13.2 Å². The molecule has 0 aliphatic carbocycles. The topological polar surface area (TPSA) is 34.9 Å². The molecule has 0 radical (unpaired) electrons. The van der Waals surface area contributed by atoms with E-state index in [9.17, 15) is 18.0 Å². The zero-order chi connectivity index (χ0) is 18.8. The largest absolute Gasteiger partial charge is 0.315 e. The molecule has 0 aliphatic heterocycles. The SMILES string of the molecule is C=CCn1c(SC(C)C(=O)c2c(F)cc(F)cc2F)nc2ccccc21. The molecule has 0 N–H and O–H groups in total. The zero-order valence-electron chi connectivity index (χ0n) is 13.9. The van der Waals surface area contributed by atoms with Crippen molar-refractivity contribution in [1.29, 1.82) is 0 Å². The van der Waals surface area contributed by atoms with Crippen molar-refractivity contribution in [2.45, 2.75) is 23.9 Å². The molecule has 0 aliphatic rings. The van der Waals surface area contributed by atoms with E-state index in [2.05, 4.69) is 11.6 Å². The summed E-state index contributed by atoms with van der Waals surface area (Å²) in [5.74, 6) is -4.24. The first-order chi connectivity index (χ1) is 12.4. The van der Waals surface area contributed by atoms with Crippen LogP contribution in [0.25, 0.3) is 11.0 Å². The van der Waals surface area contributed by atoms with Crippen molar-refractivity contribution in [3.05, 3.63) is 72.1 Å². The number of nitrogens with zero attached hydrogens (tertiary/aromatic N) is 2. The number of imidazole rings is 1. The number of benzene rings is 2. The lowest BCUT2D eigenvalue weighted by Crippen LogP contribution is -2.18. The number of hydrogen-bond donors (Lipinski definition) is 0. The lowest BCUT2D eigenvalue weighted by Gasteiger charge is -2.12. The van der Waals surface area contributed by atoms with Gasteiger partial charge in [0.2, 0.25) is 0 Å². The third-order valence-electron chi connectivity index (χ3n) is 3.84. The number of para-hydroxylation sites is 2. The van der Waals surface area contributed by atoms with Crippen molar-refractivity contribution in [3.8, 4) is 0 Å². The van der Waals surface area contributed by atoms with Crippen LogP contribution < -0.4 is 0 Å². The monoisotopic (exact) mass is 376 g/mol. The molecule has 26 heavy (non-hydrogen) atoms. The van der Waals surface area contributed by atoms with Gasteiger partial charge in [0.15, 0.2) is 10.9 Å². The third kappa shape index (κ3) is 3.39. The number of carbonyl (C=O) groups excluding carboxylic acids is 1. The molecule has 1 aromatic heterocycles. The van der Waals surface area contributed by atoms with Crippen LogP contribution in [0.5, 0.6) is 0 Å². The van der Waals surface area contributed by atoms with Gasteiger partial charge in [-0.1, -0.05) is 30.0 Å². The van der Waals surface area contributed by atoms with E-state index in [0.717, 1.165) is 22.8 Å². The van der Waals surface area contributed by atoms with Crippen molar-refractivity contribution in [2.24, 2.45) is 0 Å². The second kappa shape index (κ2) is 7.37. The molecule has 7 heteroatoms. The van der Waals surface area contributed by atoms with Crippen molar-refractivity contribution in [3.63, 3.8) is 0 Å². The summed E-state index contributed by atoms with van der Waals surface area (Å²) in [5, 5.41) is -0.278. The number of halogens is 3. The number of fused-ring (bicyclic) bond motifs is 1. The maximum Gasteiger partial charge on any atom is 0.181 e. The molecule has 3 aromatic rings. The Labute approximate surface area is 152 Å². The van der Waals surface area contributed by atoms with Gasteiger partial charge in [0.1, 0.15) is 17.5 Å². The van der Waals surface area contributed by atoms with Gasteiger partial charge in [-0.15, -0.1) is 6.58 Å². The Morgan fingerprint density at radius 2 is 1.92 bits per heavy atom. The van der Waals surface area contributed by atoms with Crippen LogP contribution in [-0.2, 0) is 6.54 Å². The second-order valence-electron chi connectivity index (χ2n) is 5.65. The maximum atomic E-state index is 13.9. The first kappa shape index (κ1) is 18.3. The summed E-state index contributed by atoms with van der Waals surface area (Å²) < 4.78 is 42.7. The van der Waals surface area contributed by atoms with E-state index in [1.807, 2.05) is 28.8 Å². The average molecular weight is 376 g/mol. The molecule has 1 atom stereocenters. The second-order valence-corrected chi connectivity index (χ2v) is 6.96. The molecule has 0 bridgehead atoms. The molecule has 0 saturated carbocycles. The molecule has 1 unspecified atom stereocenters. The van der Waals surface area contributed by atoms with Crippen LogP contribution in [0.1, 0.15) is 17.3 Å². The van der Waals surface area contributed by atoms with Crippen molar-refractivity contribution >= 4 is 28.6 Å². The number of rotatable bonds is 6.